The molecule has 0 aliphatic heterocycles. The van der Waals surface area contributed by atoms with Crippen LogP contribution < -0.4 is 5.32 Å². The van der Waals surface area contributed by atoms with Crippen LogP contribution in [-0.4, -0.2) is 21.1 Å². The van der Waals surface area contributed by atoms with Gasteiger partial charge < -0.3 is 9.73 Å². The summed E-state index contributed by atoms with van der Waals surface area (Å²) < 4.78 is 5.48. The van der Waals surface area contributed by atoms with Gasteiger partial charge >= 0.3 is 0 Å². The predicted octanol–water partition coefficient (Wildman–Crippen LogP) is 2.55. The fourth-order valence-corrected chi connectivity index (χ4v) is 2.21. The van der Waals surface area contributed by atoms with Crippen LogP contribution in [0.2, 0.25) is 0 Å². The standard InChI is InChI=1S/C18H18N4O2/c1-2-13-6-8-14(9-7-13)12-20-16(23)11-17-21-22-18(24-17)15-5-3-4-10-19-15/h3-10H,2,11-12H2,1H3,(H,20,23). The highest BCUT2D eigenvalue weighted by molar-refractivity contribution is 5.77. The lowest BCUT2D eigenvalue weighted by molar-refractivity contribution is -0.120. The van der Waals surface area contributed by atoms with E-state index in [9.17, 15) is 4.79 Å². The molecule has 0 spiro atoms. The number of nitrogens with zero attached hydrogens (tertiary/aromatic N) is 3. The SMILES string of the molecule is CCc1ccc(CNC(=O)Cc2nnc(-c3ccccn3)o2)cc1. The fourth-order valence-electron chi connectivity index (χ4n) is 2.21. The summed E-state index contributed by atoms with van der Waals surface area (Å²) in [7, 11) is 0. The number of nitrogens with one attached hydrogen (secondary N) is 1. The zero-order chi connectivity index (χ0) is 16.8. The molecule has 0 saturated carbocycles. The van der Waals surface area contributed by atoms with Gasteiger partial charge in [-0.25, -0.2) is 0 Å². The quantitative estimate of drug-likeness (QED) is 0.754. The van der Waals surface area contributed by atoms with Gasteiger partial charge in [-0.05, 0) is 29.7 Å². The predicted molar refractivity (Wildman–Crippen MR) is 88.9 cm³/mol. The maximum Gasteiger partial charge on any atom is 0.266 e. The Balaban J connectivity index is 1.54. The second-order valence-corrected chi connectivity index (χ2v) is 5.34. The smallest absolute Gasteiger partial charge is 0.266 e. The van der Waals surface area contributed by atoms with Crippen LogP contribution in [0.4, 0.5) is 0 Å². The third-order valence-electron chi connectivity index (χ3n) is 3.58. The first-order valence-corrected chi connectivity index (χ1v) is 7.83. The molecule has 0 atom stereocenters. The maximum atomic E-state index is 12.0. The highest BCUT2D eigenvalue weighted by Crippen LogP contribution is 2.14. The van der Waals surface area contributed by atoms with Gasteiger partial charge in [-0.2, -0.15) is 0 Å². The molecule has 6 nitrogen and oxygen atoms in total. The molecule has 3 aromatic rings. The Kier molecular flexibility index (Phi) is 4.96. The largest absolute Gasteiger partial charge is 0.419 e. The van der Waals surface area contributed by atoms with E-state index in [-0.39, 0.29) is 18.2 Å². The zero-order valence-corrected chi connectivity index (χ0v) is 13.4. The molecule has 0 aliphatic rings. The van der Waals surface area contributed by atoms with Gasteiger partial charge in [0.1, 0.15) is 12.1 Å². The van der Waals surface area contributed by atoms with Crippen molar-refractivity contribution in [1.82, 2.24) is 20.5 Å². The topological polar surface area (TPSA) is 80.9 Å². The monoisotopic (exact) mass is 322 g/mol. The first-order valence-electron chi connectivity index (χ1n) is 7.83. The summed E-state index contributed by atoms with van der Waals surface area (Å²) in [6.45, 7) is 2.59. The number of hydrogen-bond acceptors (Lipinski definition) is 5. The molecule has 24 heavy (non-hydrogen) atoms. The highest BCUT2D eigenvalue weighted by Gasteiger charge is 2.12. The number of benzene rings is 1. The average Bonchev–Trinajstić information content (AvgIpc) is 3.09. The van der Waals surface area contributed by atoms with Crippen LogP contribution in [0.1, 0.15) is 23.9 Å². The van der Waals surface area contributed by atoms with E-state index in [0.29, 0.717) is 18.1 Å². The first-order chi connectivity index (χ1) is 11.7. The molecule has 0 radical (unpaired) electrons. The third-order valence-corrected chi connectivity index (χ3v) is 3.58. The Hall–Kier alpha value is -3.02. The van der Waals surface area contributed by atoms with Crippen LogP contribution >= 0.6 is 0 Å². The molecule has 0 saturated heterocycles. The molecule has 2 aromatic heterocycles. The van der Waals surface area contributed by atoms with Crippen LogP contribution in [0.25, 0.3) is 11.6 Å². The van der Waals surface area contributed by atoms with E-state index in [1.807, 2.05) is 18.2 Å². The normalized spacial score (nSPS) is 10.5. The molecule has 1 amide bonds. The van der Waals surface area contributed by atoms with Crippen molar-refractivity contribution in [1.29, 1.82) is 0 Å². The van der Waals surface area contributed by atoms with Crippen LogP contribution in [0, 0.1) is 0 Å². The minimum atomic E-state index is -0.161. The zero-order valence-electron chi connectivity index (χ0n) is 13.4. The number of amides is 1. The highest BCUT2D eigenvalue weighted by atomic mass is 16.4. The molecule has 122 valence electrons. The molecule has 1 aromatic carbocycles. The van der Waals surface area contributed by atoms with E-state index >= 15 is 0 Å². The van der Waals surface area contributed by atoms with Crippen molar-refractivity contribution in [3.8, 4) is 11.6 Å². The number of hydrogen-bond donors (Lipinski definition) is 1. The Labute approximate surface area is 140 Å². The lowest BCUT2D eigenvalue weighted by Crippen LogP contribution is -2.24. The summed E-state index contributed by atoms with van der Waals surface area (Å²) in [6, 6.07) is 13.6. The number of carbonyl (C=O) groups is 1. The van der Waals surface area contributed by atoms with Crippen molar-refractivity contribution in [3.05, 3.63) is 65.7 Å². The van der Waals surface area contributed by atoms with Crippen LogP contribution in [0.15, 0.2) is 53.1 Å². The molecule has 0 bridgehead atoms. The maximum absolute atomic E-state index is 12.0. The second kappa shape index (κ2) is 7.50. The number of carbonyl (C=O) groups excluding carboxylic acids is 1. The lowest BCUT2D eigenvalue weighted by atomic mass is 10.1. The summed E-state index contributed by atoms with van der Waals surface area (Å²) in [6.07, 6.45) is 2.70. The molecular weight excluding hydrogens is 304 g/mol. The van der Waals surface area contributed by atoms with Gasteiger partial charge in [0.2, 0.25) is 11.8 Å². The van der Waals surface area contributed by atoms with Gasteiger partial charge in [0.25, 0.3) is 5.89 Å². The van der Waals surface area contributed by atoms with Crippen LogP contribution in [0.5, 0.6) is 0 Å². The molecule has 0 fully saturated rings. The average molecular weight is 322 g/mol. The Morgan fingerprint density at radius 3 is 2.58 bits per heavy atom. The first kappa shape index (κ1) is 15.9. The number of pyridine rings is 1. The summed E-state index contributed by atoms with van der Waals surface area (Å²) in [5, 5.41) is 10.7. The summed E-state index contributed by atoms with van der Waals surface area (Å²) >= 11 is 0. The van der Waals surface area contributed by atoms with E-state index < -0.39 is 0 Å². The van der Waals surface area contributed by atoms with Crippen molar-refractivity contribution in [3.63, 3.8) is 0 Å². The molecule has 1 N–H and O–H groups in total. The van der Waals surface area contributed by atoms with Crippen molar-refractivity contribution < 1.29 is 9.21 Å². The van der Waals surface area contributed by atoms with Crippen LogP contribution in [-0.2, 0) is 24.2 Å². The molecule has 6 heteroatoms. The van der Waals surface area contributed by atoms with Crippen molar-refractivity contribution in [2.75, 3.05) is 0 Å². The van der Waals surface area contributed by atoms with Gasteiger partial charge in [-0.1, -0.05) is 37.3 Å². The molecule has 3 rings (SSSR count). The van der Waals surface area contributed by atoms with E-state index in [0.717, 1.165) is 12.0 Å². The van der Waals surface area contributed by atoms with Gasteiger partial charge in [0.15, 0.2) is 0 Å². The minimum Gasteiger partial charge on any atom is -0.419 e. The van der Waals surface area contributed by atoms with E-state index in [4.69, 9.17) is 4.42 Å². The number of aromatic nitrogens is 3. The minimum absolute atomic E-state index is 0.0485. The van der Waals surface area contributed by atoms with E-state index in [1.165, 1.54) is 5.56 Å². The second-order valence-electron chi connectivity index (χ2n) is 5.34. The van der Waals surface area contributed by atoms with Gasteiger partial charge in [-0.15, -0.1) is 10.2 Å². The van der Waals surface area contributed by atoms with E-state index in [1.54, 1.807) is 18.3 Å². The number of rotatable bonds is 6. The molecule has 0 unspecified atom stereocenters. The number of aryl methyl sites for hydroxylation is 1. The van der Waals surface area contributed by atoms with Gasteiger partial charge in [-0.3, -0.25) is 9.78 Å². The third kappa shape index (κ3) is 4.04. The summed E-state index contributed by atoms with van der Waals surface area (Å²) in [5.41, 5.74) is 2.92. The Morgan fingerprint density at radius 2 is 1.88 bits per heavy atom. The van der Waals surface area contributed by atoms with Crippen LogP contribution in [0.3, 0.4) is 0 Å². The molecular formula is C18H18N4O2. The molecule has 2 heterocycles. The van der Waals surface area contributed by atoms with Crippen molar-refractivity contribution >= 4 is 5.91 Å². The van der Waals surface area contributed by atoms with Crippen molar-refractivity contribution in [2.45, 2.75) is 26.3 Å². The lowest BCUT2D eigenvalue weighted by Gasteiger charge is -2.04. The van der Waals surface area contributed by atoms with E-state index in [2.05, 4.69) is 39.6 Å². The molecule has 0 aliphatic carbocycles. The van der Waals surface area contributed by atoms with Gasteiger partial charge in [0.05, 0.1) is 0 Å². The fraction of sp³-hybridized carbons (Fsp3) is 0.222. The Bertz CT molecular complexity index is 797. The van der Waals surface area contributed by atoms with Gasteiger partial charge in [0, 0.05) is 12.7 Å². The van der Waals surface area contributed by atoms with Crippen molar-refractivity contribution in [2.24, 2.45) is 0 Å². The summed E-state index contributed by atoms with van der Waals surface area (Å²) in [5.74, 6) is 0.425. The Morgan fingerprint density at radius 1 is 1.08 bits per heavy atom. The summed E-state index contributed by atoms with van der Waals surface area (Å²) in [4.78, 5) is 16.1.